The van der Waals surface area contributed by atoms with E-state index in [0.717, 1.165) is 25.3 Å². The highest BCUT2D eigenvalue weighted by Gasteiger charge is 2.03. The lowest BCUT2D eigenvalue weighted by Gasteiger charge is -2.17. The summed E-state index contributed by atoms with van der Waals surface area (Å²) in [5, 5.41) is 2.92. The Morgan fingerprint density at radius 3 is 2.59 bits per heavy atom. The van der Waals surface area contributed by atoms with Crippen LogP contribution in [0.4, 0.5) is 5.95 Å². The highest BCUT2D eigenvalue weighted by Crippen LogP contribution is 2.11. The van der Waals surface area contributed by atoms with Crippen molar-refractivity contribution in [1.29, 1.82) is 0 Å². The van der Waals surface area contributed by atoms with Crippen LogP contribution in [-0.4, -0.2) is 48.2 Å². The van der Waals surface area contributed by atoms with E-state index >= 15 is 0 Å². The van der Waals surface area contributed by atoms with Crippen LogP contribution in [0, 0.1) is 6.92 Å². The van der Waals surface area contributed by atoms with E-state index in [2.05, 4.69) is 34.0 Å². The molecule has 0 aliphatic carbocycles. The first kappa shape index (κ1) is 13.7. The molecule has 5 heteroatoms. The van der Waals surface area contributed by atoms with Gasteiger partial charge in [0.25, 0.3) is 0 Å². The molecule has 1 aromatic heterocycles. The molecule has 17 heavy (non-hydrogen) atoms. The number of aromatic nitrogens is 2. The molecule has 0 atom stereocenters. The van der Waals surface area contributed by atoms with Crippen LogP contribution in [0.25, 0.3) is 0 Å². The van der Waals surface area contributed by atoms with Crippen LogP contribution in [0.5, 0.6) is 5.88 Å². The Bertz CT molecular complexity index is 339. The minimum atomic E-state index is 0.600. The zero-order chi connectivity index (χ0) is 12.7. The van der Waals surface area contributed by atoms with Crippen molar-refractivity contribution in [3.05, 3.63) is 11.8 Å². The molecule has 1 aromatic rings. The summed E-state index contributed by atoms with van der Waals surface area (Å²) in [5.41, 5.74) is 0.905. The zero-order valence-electron chi connectivity index (χ0n) is 11.2. The van der Waals surface area contributed by atoms with Gasteiger partial charge in [-0.3, -0.25) is 0 Å². The van der Waals surface area contributed by atoms with Crippen LogP contribution in [0.15, 0.2) is 6.07 Å². The minimum absolute atomic E-state index is 0.600. The molecule has 0 bridgehead atoms. The van der Waals surface area contributed by atoms with E-state index in [9.17, 15) is 0 Å². The number of likely N-dealkylation sites (N-methyl/N-ethyl adjacent to an activating group) is 1. The van der Waals surface area contributed by atoms with E-state index in [0.29, 0.717) is 18.4 Å². The fourth-order valence-electron chi connectivity index (χ4n) is 1.54. The molecule has 0 aliphatic rings. The van der Waals surface area contributed by atoms with Gasteiger partial charge in [-0.25, -0.2) is 4.98 Å². The average molecular weight is 238 g/mol. The molecule has 0 amide bonds. The first-order chi connectivity index (χ1) is 8.19. The van der Waals surface area contributed by atoms with Crippen LogP contribution in [0.3, 0.4) is 0 Å². The molecule has 0 saturated carbocycles. The zero-order valence-corrected chi connectivity index (χ0v) is 11.2. The predicted octanol–water partition coefficient (Wildman–Crippen LogP) is 1.55. The molecule has 5 nitrogen and oxygen atoms in total. The van der Waals surface area contributed by atoms with Crippen LogP contribution in [0.1, 0.15) is 19.5 Å². The number of ether oxygens (including phenoxy) is 1. The van der Waals surface area contributed by atoms with Crippen molar-refractivity contribution in [2.45, 2.75) is 20.8 Å². The number of nitrogens with zero attached hydrogens (tertiary/aromatic N) is 3. The van der Waals surface area contributed by atoms with Gasteiger partial charge in [0.05, 0.1) is 0 Å². The largest absolute Gasteiger partial charge is 0.476 e. The normalized spacial score (nSPS) is 10.6. The van der Waals surface area contributed by atoms with E-state index in [4.69, 9.17) is 4.74 Å². The van der Waals surface area contributed by atoms with Gasteiger partial charge in [-0.05, 0) is 20.0 Å². The van der Waals surface area contributed by atoms with Gasteiger partial charge in [0.2, 0.25) is 11.8 Å². The first-order valence-corrected chi connectivity index (χ1v) is 6.08. The molecule has 0 spiro atoms. The van der Waals surface area contributed by atoms with Crippen LogP contribution in [0.2, 0.25) is 0 Å². The highest BCUT2D eigenvalue weighted by atomic mass is 16.5. The summed E-state index contributed by atoms with van der Waals surface area (Å²) >= 11 is 0. The quantitative estimate of drug-likeness (QED) is 0.781. The molecule has 0 aromatic carbocycles. The molecule has 1 heterocycles. The van der Waals surface area contributed by atoms with Gasteiger partial charge in [-0.15, -0.1) is 0 Å². The smallest absolute Gasteiger partial charge is 0.225 e. The fourth-order valence-corrected chi connectivity index (χ4v) is 1.54. The Morgan fingerprint density at radius 2 is 2.00 bits per heavy atom. The Balaban J connectivity index is 2.48. The second kappa shape index (κ2) is 7.06. The average Bonchev–Trinajstić information content (AvgIpc) is 2.34. The van der Waals surface area contributed by atoms with Crippen molar-refractivity contribution in [2.75, 3.05) is 38.6 Å². The summed E-state index contributed by atoms with van der Waals surface area (Å²) in [6.45, 7) is 9.90. The lowest BCUT2D eigenvalue weighted by atomic mass is 10.4. The summed E-state index contributed by atoms with van der Waals surface area (Å²) in [4.78, 5) is 10.8. The van der Waals surface area contributed by atoms with Crippen LogP contribution >= 0.6 is 0 Å². The molecule has 1 N–H and O–H groups in total. The Hall–Kier alpha value is -1.36. The number of hydrogen-bond acceptors (Lipinski definition) is 5. The lowest BCUT2D eigenvalue weighted by molar-refractivity contribution is 0.218. The van der Waals surface area contributed by atoms with Crippen molar-refractivity contribution >= 4 is 5.95 Å². The maximum absolute atomic E-state index is 5.63. The van der Waals surface area contributed by atoms with Crippen molar-refractivity contribution in [3.63, 3.8) is 0 Å². The van der Waals surface area contributed by atoms with Crippen LogP contribution < -0.4 is 10.1 Å². The summed E-state index contributed by atoms with van der Waals surface area (Å²) in [5.74, 6) is 1.23. The van der Waals surface area contributed by atoms with E-state index < -0.39 is 0 Å². The maximum atomic E-state index is 5.63. The summed E-state index contributed by atoms with van der Waals surface area (Å²) < 4.78 is 5.63. The Morgan fingerprint density at radius 1 is 1.29 bits per heavy atom. The second-order valence-electron chi connectivity index (χ2n) is 3.80. The first-order valence-electron chi connectivity index (χ1n) is 6.08. The predicted molar refractivity (Wildman–Crippen MR) is 69.6 cm³/mol. The number of hydrogen-bond donors (Lipinski definition) is 1. The minimum Gasteiger partial charge on any atom is -0.476 e. The molecule has 0 saturated heterocycles. The van der Waals surface area contributed by atoms with Crippen molar-refractivity contribution < 1.29 is 4.74 Å². The topological polar surface area (TPSA) is 50.3 Å². The molecule has 1 rings (SSSR count). The Labute approximate surface area is 103 Å². The van der Waals surface area contributed by atoms with Gasteiger partial charge in [0.1, 0.15) is 6.61 Å². The number of aryl methyl sites for hydroxylation is 1. The standard InChI is InChI=1S/C12H22N4O/c1-5-16(6-2)7-8-17-11-9-10(3)14-12(13-4)15-11/h9H,5-8H2,1-4H3,(H,13,14,15). The van der Waals surface area contributed by atoms with Gasteiger partial charge in [-0.2, -0.15) is 4.98 Å². The number of nitrogens with one attached hydrogen (secondary N) is 1. The highest BCUT2D eigenvalue weighted by molar-refractivity contribution is 5.29. The summed E-state index contributed by atoms with van der Waals surface area (Å²) in [6, 6.07) is 1.85. The molecule has 0 radical (unpaired) electrons. The van der Waals surface area contributed by atoms with E-state index in [1.807, 2.05) is 13.0 Å². The summed E-state index contributed by atoms with van der Waals surface area (Å²) in [6.07, 6.45) is 0. The van der Waals surface area contributed by atoms with Crippen molar-refractivity contribution in [1.82, 2.24) is 14.9 Å². The van der Waals surface area contributed by atoms with E-state index in [-0.39, 0.29) is 0 Å². The maximum Gasteiger partial charge on any atom is 0.225 e. The number of rotatable bonds is 7. The van der Waals surface area contributed by atoms with Gasteiger partial charge in [0.15, 0.2) is 0 Å². The Kier molecular flexibility index (Phi) is 5.69. The van der Waals surface area contributed by atoms with Gasteiger partial charge >= 0.3 is 0 Å². The molecule has 96 valence electrons. The third-order valence-electron chi connectivity index (χ3n) is 2.61. The molecular weight excluding hydrogens is 216 g/mol. The second-order valence-corrected chi connectivity index (χ2v) is 3.80. The third-order valence-corrected chi connectivity index (χ3v) is 2.61. The monoisotopic (exact) mass is 238 g/mol. The van der Waals surface area contributed by atoms with Gasteiger partial charge in [0, 0.05) is 25.4 Å². The molecule has 0 unspecified atom stereocenters. The SMILES string of the molecule is CCN(CC)CCOc1cc(C)nc(NC)n1. The van der Waals surface area contributed by atoms with Gasteiger partial charge in [-0.1, -0.05) is 13.8 Å². The van der Waals surface area contributed by atoms with Gasteiger partial charge < -0.3 is 15.0 Å². The van der Waals surface area contributed by atoms with E-state index in [1.54, 1.807) is 7.05 Å². The van der Waals surface area contributed by atoms with Crippen molar-refractivity contribution in [3.8, 4) is 5.88 Å². The van der Waals surface area contributed by atoms with E-state index in [1.165, 1.54) is 0 Å². The van der Waals surface area contributed by atoms with Crippen LogP contribution in [-0.2, 0) is 0 Å². The summed E-state index contributed by atoms with van der Waals surface area (Å²) in [7, 11) is 1.80. The lowest BCUT2D eigenvalue weighted by Crippen LogP contribution is -2.28. The number of anilines is 1. The fraction of sp³-hybridized carbons (Fsp3) is 0.667. The molecule has 0 aliphatic heterocycles. The molecule has 0 fully saturated rings. The molecular formula is C12H22N4O. The third kappa shape index (κ3) is 4.56. The van der Waals surface area contributed by atoms with Crippen molar-refractivity contribution in [2.24, 2.45) is 0 Å².